The second kappa shape index (κ2) is 5.69. The maximum atomic E-state index is 12.4. The quantitative estimate of drug-likeness (QED) is 0.681. The van der Waals surface area contributed by atoms with Crippen molar-refractivity contribution in [3.8, 4) is 11.3 Å². The molecule has 0 atom stereocenters. The van der Waals surface area contributed by atoms with E-state index in [1.807, 2.05) is 30.3 Å². The second-order valence-electron chi connectivity index (χ2n) is 6.90. The normalized spacial score (nSPS) is 16.2. The average molecular weight is 346 g/mol. The zero-order valence-electron chi connectivity index (χ0n) is 14.1. The smallest absolute Gasteiger partial charge is 0.270 e. The van der Waals surface area contributed by atoms with Crippen LogP contribution in [0.25, 0.3) is 22.2 Å². The highest BCUT2D eigenvalue weighted by Gasteiger charge is 2.25. The SMILES string of the molecule is O=C(NC1CC1)c1ccc2cccc(-c3cc4c([nH]3)CCNC4=O)c2n1. The topological polar surface area (TPSA) is 86.9 Å². The van der Waals surface area contributed by atoms with Crippen molar-refractivity contribution >= 4 is 22.7 Å². The van der Waals surface area contributed by atoms with Crippen molar-refractivity contribution in [1.29, 1.82) is 0 Å². The number of nitrogens with zero attached hydrogens (tertiary/aromatic N) is 1. The van der Waals surface area contributed by atoms with E-state index in [0.717, 1.165) is 47.1 Å². The summed E-state index contributed by atoms with van der Waals surface area (Å²) in [5.74, 6) is -0.180. The van der Waals surface area contributed by atoms with Gasteiger partial charge in [-0.3, -0.25) is 9.59 Å². The first-order chi connectivity index (χ1) is 12.7. The van der Waals surface area contributed by atoms with Crippen LogP contribution >= 0.6 is 0 Å². The van der Waals surface area contributed by atoms with Crippen LogP contribution in [-0.4, -0.2) is 34.4 Å². The van der Waals surface area contributed by atoms with Crippen molar-refractivity contribution in [2.45, 2.75) is 25.3 Å². The fourth-order valence-electron chi connectivity index (χ4n) is 3.42. The Morgan fingerprint density at radius 1 is 1.15 bits per heavy atom. The minimum atomic E-state index is -0.130. The van der Waals surface area contributed by atoms with Gasteiger partial charge in [0.05, 0.1) is 11.1 Å². The third kappa shape index (κ3) is 2.54. The van der Waals surface area contributed by atoms with Gasteiger partial charge >= 0.3 is 0 Å². The van der Waals surface area contributed by atoms with Gasteiger partial charge in [-0.15, -0.1) is 0 Å². The summed E-state index contributed by atoms with van der Waals surface area (Å²) >= 11 is 0. The Balaban J connectivity index is 1.60. The van der Waals surface area contributed by atoms with Gasteiger partial charge in [-0.2, -0.15) is 0 Å². The third-order valence-electron chi connectivity index (χ3n) is 4.96. The molecule has 2 aliphatic rings. The highest BCUT2D eigenvalue weighted by Crippen LogP contribution is 2.29. The van der Waals surface area contributed by atoms with Gasteiger partial charge in [0.2, 0.25) is 0 Å². The maximum Gasteiger partial charge on any atom is 0.270 e. The molecule has 0 spiro atoms. The fourth-order valence-corrected chi connectivity index (χ4v) is 3.42. The average Bonchev–Trinajstić information content (AvgIpc) is 3.35. The van der Waals surface area contributed by atoms with Crippen LogP contribution in [0.1, 0.15) is 39.4 Å². The van der Waals surface area contributed by atoms with E-state index in [4.69, 9.17) is 0 Å². The molecule has 1 saturated carbocycles. The second-order valence-corrected chi connectivity index (χ2v) is 6.90. The van der Waals surface area contributed by atoms with Crippen molar-refractivity contribution in [2.24, 2.45) is 0 Å². The molecule has 26 heavy (non-hydrogen) atoms. The number of hydrogen-bond donors (Lipinski definition) is 3. The Morgan fingerprint density at radius 2 is 2.04 bits per heavy atom. The van der Waals surface area contributed by atoms with Crippen LogP contribution in [0.3, 0.4) is 0 Å². The van der Waals surface area contributed by atoms with Crippen LogP contribution < -0.4 is 10.6 Å². The molecule has 0 unspecified atom stereocenters. The molecule has 2 aromatic heterocycles. The van der Waals surface area contributed by atoms with E-state index in [1.54, 1.807) is 6.07 Å². The molecule has 6 nitrogen and oxygen atoms in total. The van der Waals surface area contributed by atoms with E-state index in [0.29, 0.717) is 23.8 Å². The summed E-state index contributed by atoms with van der Waals surface area (Å²) in [5, 5.41) is 6.80. The minimum Gasteiger partial charge on any atom is -0.358 e. The Hall–Kier alpha value is -3.15. The van der Waals surface area contributed by atoms with Gasteiger partial charge in [-0.05, 0) is 25.0 Å². The van der Waals surface area contributed by atoms with Gasteiger partial charge in [-0.1, -0.05) is 24.3 Å². The Kier molecular flexibility index (Phi) is 3.31. The largest absolute Gasteiger partial charge is 0.358 e. The Bertz CT molecular complexity index is 1050. The number of para-hydroxylation sites is 1. The molecule has 3 heterocycles. The maximum absolute atomic E-state index is 12.4. The van der Waals surface area contributed by atoms with Gasteiger partial charge in [0.1, 0.15) is 5.69 Å². The predicted molar refractivity (Wildman–Crippen MR) is 98.1 cm³/mol. The fraction of sp³-hybridized carbons (Fsp3) is 0.250. The Labute approximate surface area is 150 Å². The number of fused-ring (bicyclic) bond motifs is 2. The van der Waals surface area contributed by atoms with Crippen LogP contribution in [0.4, 0.5) is 0 Å². The molecule has 1 aliphatic carbocycles. The van der Waals surface area contributed by atoms with Crippen LogP contribution in [0.15, 0.2) is 36.4 Å². The van der Waals surface area contributed by atoms with Gasteiger partial charge in [0.15, 0.2) is 0 Å². The van der Waals surface area contributed by atoms with Gasteiger partial charge in [-0.25, -0.2) is 4.98 Å². The lowest BCUT2D eigenvalue weighted by Gasteiger charge is -2.11. The lowest BCUT2D eigenvalue weighted by atomic mass is 10.1. The summed E-state index contributed by atoms with van der Waals surface area (Å²) in [7, 11) is 0. The van der Waals surface area contributed by atoms with E-state index >= 15 is 0 Å². The number of rotatable bonds is 3. The molecule has 3 aromatic rings. The summed E-state index contributed by atoms with van der Waals surface area (Å²) in [6.07, 6.45) is 2.87. The van der Waals surface area contributed by atoms with E-state index in [-0.39, 0.29) is 11.8 Å². The van der Waals surface area contributed by atoms with Crippen molar-refractivity contribution < 1.29 is 9.59 Å². The van der Waals surface area contributed by atoms with Crippen molar-refractivity contribution in [3.05, 3.63) is 53.3 Å². The molecular weight excluding hydrogens is 328 g/mol. The third-order valence-corrected chi connectivity index (χ3v) is 4.96. The van der Waals surface area contributed by atoms with Gasteiger partial charge < -0.3 is 15.6 Å². The monoisotopic (exact) mass is 346 g/mol. The van der Waals surface area contributed by atoms with Crippen LogP contribution in [-0.2, 0) is 6.42 Å². The molecule has 3 N–H and O–H groups in total. The summed E-state index contributed by atoms with van der Waals surface area (Å²) in [5.41, 5.74) is 4.56. The van der Waals surface area contributed by atoms with Crippen molar-refractivity contribution in [3.63, 3.8) is 0 Å². The minimum absolute atomic E-state index is 0.0496. The molecule has 130 valence electrons. The first kappa shape index (κ1) is 15.1. The number of hydrogen-bond acceptors (Lipinski definition) is 3. The summed E-state index contributed by atoms with van der Waals surface area (Å²) in [6, 6.07) is 11.8. The number of pyridine rings is 1. The van der Waals surface area contributed by atoms with Crippen LogP contribution in [0, 0.1) is 0 Å². The summed E-state index contributed by atoms with van der Waals surface area (Å²) < 4.78 is 0. The molecule has 0 saturated heterocycles. The molecule has 5 rings (SSSR count). The van der Waals surface area contributed by atoms with Gasteiger partial charge in [0.25, 0.3) is 11.8 Å². The number of carbonyl (C=O) groups is 2. The molecule has 0 radical (unpaired) electrons. The molecule has 6 heteroatoms. The lowest BCUT2D eigenvalue weighted by Crippen LogP contribution is -2.31. The van der Waals surface area contributed by atoms with E-state index in [2.05, 4.69) is 20.6 Å². The summed E-state index contributed by atoms with van der Waals surface area (Å²) in [6.45, 7) is 0.644. The number of carbonyl (C=O) groups excluding carboxylic acids is 2. The number of benzene rings is 1. The van der Waals surface area contributed by atoms with Crippen LogP contribution in [0.2, 0.25) is 0 Å². The molecule has 1 fully saturated rings. The Morgan fingerprint density at radius 3 is 2.85 bits per heavy atom. The molecule has 2 amide bonds. The first-order valence-corrected chi connectivity index (χ1v) is 8.90. The zero-order chi connectivity index (χ0) is 17.7. The predicted octanol–water partition coefficient (Wildman–Crippen LogP) is 2.41. The molecule has 0 bridgehead atoms. The highest BCUT2D eigenvalue weighted by molar-refractivity contribution is 6.01. The molecule has 1 aromatic carbocycles. The van der Waals surface area contributed by atoms with E-state index in [1.165, 1.54) is 0 Å². The highest BCUT2D eigenvalue weighted by atomic mass is 16.2. The van der Waals surface area contributed by atoms with Crippen LogP contribution in [0.5, 0.6) is 0 Å². The zero-order valence-corrected chi connectivity index (χ0v) is 14.1. The number of aromatic nitrogens is 2. The number of nitrogens with one attached hydrogen (secondary N) is 3. The number of aromatic amines is 1. The van der Waals surface area contributed by atoms with Crippen molar-refractivity contribution in [2.75, 3.05) is 6.54 Å². The van der Waals surface area contributed by atoms with E-state index in [9.17, 15) is 9.59 Å². The number of amides is 2. The van der Waals surface area contributed by atoms with Crippen molar-refractivity contribution in [1.82, 2.24) is 20.6 Å². The molecular formula is C20H18N4O2. The van der Waals surface area contributed by atoms with E-state index < -0.39 is 0 Å². The summed E-state index contributed by atoms with van der Waals surface area (Å²) in [4.78, 5) is 32.4. The first-order valence-electron chi connectivity index (χ1n) is 8.90. The number of H-pyrrole nitrogens is 1. The standard InChI is InChI=1S/C20H18N4O2/c25-19-14-10-17(23-15(14)8-9-21-19)13-3-1-2-11-4-7-16(24-18(11)13)20(26)22-12-5-6-12/h1-4,7,10,12,23H,5-6,8-9H2,(H,21,25)(H,22,26). The lowest BCUT2D eigenvalue weighted by molar-refractivity contribution is 0.0938. The van der Waals surface area contributed by atoms with Gasteiger partial charge in [0, 0.05) is 41.3 Å². The molecule has 1 aliphatic heterocycles.